The molecule has 1 heterocycles. The van der Waals surface area contributed by atoms with E-state index in [4.69, 9.17) is 0 Å². The Morgan fingerprint density at radius 3 is 2.61 bits per heavy atom. The molecule has 18 heavy (non-hydrogen) atoms. The van der Waals surface area contributed by atoms with E-state index >= 15 is 0 Å². The van der Waals surface area contributed by atoms with Crippen molar-refractivity contribution in [1.29, 1.82) is 0 Å². The summed E-state index contributed by atoms with van der Waals surface area (Å²) in [6, 6.07) is 3.53. The Morgan fingerprint density at radius 1 is 1.33 bits per heavy atom. The van der Waals surface area contributed by atoms with Crippen LogP contribution < -0.4 is 10.2 Å². The zero-order chi connectivity index (χ0) is 13.6. The van der Waals surface area contributed by atoms with Crippen LogP contribution in [0.15, 0.2) is 18.3 Å². The van der Waals surface area contributed by atoms with Gasteiger partial charge in [0, 0.05) is 24.8 Å². The third kappa shape index (κ3) is 4.52. The number of hydrogen-bond acceptors (Lipinski definition) is 3. The van der Waals surface area contributed by atoms with Crippen LogP contribution in [0.4, 0.5) is 19.0 Å². The Bertz CT molecular complexity index is 366. The SMILES string of the molecule is CCNCc1cccnc1N(CC)CC(F)(F)F. The van der Waals surface area contributed by atoms with Crippen LogP contribution in [-0.2, 0) is 6.54 Å². The van der Waals surface area contributed by atoms with Crippen molar-refractivity contribution in [3.05, 3.63) is 23.9 Å². The van der Waals surface area contributed by atoms with E-state index in [1.165, 1.54) is 11.1 Å². The molecule has 1 aromatic rings. The molecule has 0 atom stereocenters. The summed E-state index contributed by atoms with van der Waals surface area (Å²) in [7, 11) is 0. The lowest BCUT2D eigenvalue weighted by Gasteiger charge is -2.25. The Balaban J connectivity index is 2.90. The van der Waals surface area contributed by atoms with Crippen LogP contribution in [0.5, 0.6) is 0 Å². The third-order valence-electron chi connectivity index (χ3n) is 2.48. The van der Waals surface area contributed by atoms with Crippen molar-refractivity contribution in [2.45, 2.75) is 26.6 Å². The van der Waals surface area contributed by atoms with Crippen LogP contribution >= 0.6 is 0 Å². The molecule has 0 aliphatic heterocycles. The van der Waals surface area contributed by atoms with Gasteiger partial charge in [-0.2, -0.15) is 13.2 Å². The summed E-state index contributed by atoms with van der Waals surface area (Å²) in [4.78, 5) is 5.32. The molecule has 3 nitrogen and oxygen atoms in total. The van der Waals surface area contributed by atoms with E-state index in [0.717, 1.165) is 12.1 Å². The van der Waals surface area contributed by atoms with E-state index in [-0.39, 0.29) is 6.54 Å². The Kier molecular flexibility index (Phi) is 5.40. The van der Waals surface area contributed by atoms with E-state index in [1.807, 2.05) is 6.92 Å². The second-order valence-electron chi connectivity index (χ2n) is 3.90. The van der Waals surface area contributed by atoms with Gasteiger partial charge in [0.25, 0.3) is 0 Å². The van der Waals surface area contributed by atoms with E-state index in [1.54, 1.807) is 19.1 Å². The molecule has 0 amide bonds. The van der Waals surface area contributed by atoms with Crippen molar-refractivity contribution in [3.63, 3.8) is 0 Å². The quantitative estimate of drug-likeness (QED) is 0.853. The highest BCUT2D eigenvalue weighted by Gasteiger charge is 2.31. The number of nitrogens with zero attached hydrogens (tertiary/aromatic N) is 2. The van der Waals surface area contributed by atoms with Gasteiger partial charge >= 0.3 is 6.18 Å². The van der Waals surface area contributed by atoms with Crippen molar-refractivity contribution in [2.75, 3.05) is 24.5 Å². The second-order valence-corrected chi connectivity index (χ2v) is 3.90. The number of rotatable bonds is 6. The number of anilines is 1. The highest BCUT2D eigenvalue weighted by atomic mass is 19.4. The van der Waals surface area contributed by atoms with Gasteiger partial charge in [-0.3, -0.25) is 0 Å². The highest BCUT2D eigenvalue weighted by Crippen LogP contribution is 2.23. The Hall–Kier alpha value is -1.30. The molecule has 0 bridgehead atoms. The molecule has 1 rings (SSSR count). The van der Waals surface area contributed by atoms with Gasteiger partial charge in [0.2, 0.25) is 0 Å². The Labute approximate surface area is 105 Å². The number of hydrogen-bond donors (Lipinski definition) is 1. The largest absolute Gasteiger partial charge is 0.405 e. The second kappa shape index (κ2) is 6.58. The number of aromatic nitrogens is 1. The molecular formula is C12H18F3N3. The fourth-order valence-corrected chi connectivity index (χ4v) is 1.67. The summed E-state index contributed by atoms with van der Waals surface area (Å²) >= 11 is 0. The standard InChI is InChI=1S/C12H18F3N3/c1-3-16-8-10-6-5-7-17-11(10)18(4-2)9-12(13,14)15/h5-7,16H,3-4,8-9H2,1-2H3. The van der Waals surface area contributed by atoms with E-state index in [0.29, 0.717) is 12.4 Å². The normalized spacial score (nSPS) is 11.6. The van der Waals surface area contributed by atoms with Crippen LogP contribution in [0, 0.1) is 0 Å². The fourth-order valence-electron chi connectivity index (χ4n) is 1.67. The van der Waals surface area contributed by atoms with Crippen LogP contribution in [0.3, 0.4) is 0 Å². The number of halogens is 3. The minimum atomic E-state index is -4.22. The van der Waals surface area contributed by atoms with Crippen molar-refractivity contribution < 1.29 is 13.2 Å². The van der Waals surface area contributed by atoms with Crippen molar-refractivity contribution >= 4 is 5.82 Å². The summed E-state index contributed by atoms with van der Waals surface area (Å²) in [5, 5.41) is 3.10. The molecule has 1 aromatic heterocycles. The smallest absolute Gasteiger partial charge is 0.348 e. The zero-order valence-corrected chi connectivity index (χ0v) is 10.6. The van der Waals surface area contributed by atoms with E-state index in [2.05, 4.69) is 10.3 Å². The maximum Gasteiger partial charge on any atom is 0.405 e. The molecule has 0 aliphatic rings. The molecule has 0 aliphatic carbocycles. The van der Waals surface area contributed by atoms with Crippen LogP contribution in [0.25, 0.3) is 0 Å². The summed E-state index contributed by atoms with van der Waals surface area (Å²) in [5.74, 6) is 0.401. The summed E-state index contributed by atoms with van der Waals surface area (Å²) in [5.41, 5.74) is 0.783. The minimum absolute atomic E-state index is 0.273. The van der Waals surface area contributed by atoms with Gasteiger partial charge in [0.15, 0.2) is 0 Å². The predicted molar refractivity (Wildman–Crippen MR) is 65.6 cm³/mol. The number of pyridine rings is 1. The number of nitrogens with one attached hydrogen (secondary N) is 1. The highest BCUT2D eigenvalue weighted by molar-refractivity contribution is 5.46. The monoisotopic (exact) mass is 261 g/mol. The molecule has 0 radical (unpaired) electrons. The third-order valence-corrected chi connectivity index (χ3v) is 2.48. The van der Waals surface area contributed by atoms with Crippen LogP contribution in [-0.4, -0.2) is 30.8 Å². The summed E-state index contributed by atoms with van der Waals surface area (Å²) < 4.78 is 37.4. The first-order chi connectivity index (χ1) is 8.48. The molecule has 102 valence electrons. The number of alkyl halides is 3. The molecule has 0 spiro atoms. The van der Waals surface area contributed by atoms with Gasteiger partial charge in [-0.1, -0.05) is 13.0 Å². The van der Waals surface area contributed by atoms with Gasteiger partial charge in [-0.25, -0.2) is 4.98 Å². The van der Waals surface area contributed by atoms with Crippen LogP contribution in [0.1, 0.15) is 19.4 Å². The first kappa shape index (κ1) is 14.8. The molecule has 0 saturated carbocycles. The van der Waals surface area contributed by atoms with Crippen molar-refractivity contribution in [3.8, 4) is 0 Å². The fraction of sp³-hybridized carbons (Fsp3) is 0.583. The molecular weight excluding hydrogens is 243 g/mol. The lowest BCUT2D eigenvalue weighted by Crippen LogP contribution is -2.35. The molecule has 0 aromatic carbocycles. The molecule has 0 unspecified atom stereocenters. The van der Waals surface area contributed by atoms with Gasteiger partial charge in [0.1, 0.15) is 12.4 Å². The van der Waals surface area contributed by atoms with E-state index in [9.17, 15) is 13.2 Å². The topological polar surface area (TPSA) is 28.2 Å². The zero-order valence-electron chi connectivity index (χ0n) is 10.6. The van der Waals surface area contributed by atoms with Crippen molar-refractivity contribution in [1.82, 2.24) is 10.3 Å². The van der Waals surface area contributed by atoms with Crippen molar-refractivity contribution in [2.24, 2.45) is 0 Å². The van der Waals surface area contributed by atoms with Gasteiger partial charge in [-0.15, -0.1) is 0 Å². The first-order valence-corrected chi connectivity index (χ1v) is 5.94. The maximum atomic E-state index is 12.5. The lowest BCUT2D eigenvalue weighted by molar-refractivity contribution is -0.119. The predicted octanol–water partition coefficient (Wildman–Crippen LogP) is 2.58. The first-order valence-electron chi connectivity index (χ1n) is 5.94. The minimum Gasteiger partial charge on any atom is -0.348 e. The van der Waals surface area contributed by atoms with Gasteiger partial charge in [-0.05, 0) is 19.5 Å². The summed E-state index contributed by atoms with van der Waals surface area (Å²) in [6.45, 7) is 4.23. The van der Waals surface area contributed by atoms with Gasteiger partial charge in [0.05, 0.1) is 0 Å². The average molecular weight is 261 g/mol. The molecule has 1 N–H and O–H groups in total. The lowest BCUT2D eigenvalue weighted by atomic mass is 10.2. The molecule has 0 fully saturated rings. The molecule has 6 heteroatoms. The maximum absolute atomic E-state index is 12.5. The molecule has 0 saturated heterocycles. The average Bonchev–Trinajstić information content (AvgIpc) is 2.33. The van der Waals surface area contributed by atoms with Crippen LogP contribution in [0.2, 0.25) is 0 Å². The summed E-state index contributed by atoms with van der Waals surface area (Å²) in [6.07, 6.45) is -2.70. The Morgan fingerprint density at radius 2 is 2.06 bits per heavy atom. The van der Waals surface area contributed by atoms with E-state index < -0.39 is 12.7 Å². The van der Waals surface area contributed by atoms with Gasteiger partial charge < -0.3 is 10.2 Å².